The van der Waals surface area contributed by atoms with Crippen LogP contribution >= 0.6 is 11.6 Å². The fourth-order valence-electron chi connectivity index (χ4n) is 1.97. The molecule has 0 fully saturated rings. The fourth-order valence-corrected chi connectivity index (χ4v) is 2.15. The Morgan fingerprint density at radius 2 is 1.73 bits per heavy atom. The molecule has 0 aliphatic heterocycles. The summed E-state index contributed by atoms with van der Waals surface area (Å²) in [5.41, 5.74) is 0.725. The Kier molecular flexibility index (Phi) is 5.67. The largest absolute Gasteiger partial charge is 0.456 e. The lowest BCUT2D eigenvalue weighted by molar-refractivity contribution is 0.217. The van der Waals surface area contributed by atoms with Gasteiger partial charge in [0.1, 0.15) is 11.5 Å². The molecule has 2 amide bonds. The van der Waals surface area contributed by atoms with Crippen LogP contribution in [0.2, 0.25) is 5.02 Å². The van der Waals surface area contributed by atoms with Crippen LogP contribution < -0.4 is 10.1 Å². The van der Waals surface area contributed by atoms with Gasteiger partial charge in [-0.2, -0.15) is 0 Å². The molecule has 4 nitrogen and oxygen atoms in total. The number of hydrogen-bond acceptors (Lipinski definition) is 2. The number of benzene rings is 2. The van der Waals surface area contributed by atoms with Crippen LogP contribution in [0, 0.1) is 0 Å². The van der Waals surface area contributed by atoms with Crippen molar-refractivity contribution in [1.29, 1.82) is 0 Å². The third-order valence-corrected chi connectivity index (χ3v) is 3.53. The topological polar surface area (TPSA) is 41.6 Å². The summed E-state index contributed by atoms with van der Waals surface area (Å²) in [5.74, 6) is 1.26. The molecule has 0 saturated heterocycles. The van der Waals surface area contributed by atoms with Gasteiger partial charge in [0.25, 0.3) is 0 Å². The number of carbonyl (C=O) groups excluding carboxylic acids is 1. The molecule has 0 aliphatic carbocycles. The lowest BCUT2D eigenvalue weighted by Gasteiger charge is -2.19. The molecule has 0 radical (unpaired) electrons. The van der Waals surface area contributed by atoms with Crippen molar-refractivity contribution in [1.82, 2.24) is 4.90 Å². The highest BCUT2D eigenvalue weighted by atomic mass is 35.5. The molecule has 0 atom stereocenters. The van der Waals surface area contributed by atoms with E-state index >= 15 is 0 Å². The average molecular weight is 319 g/mol. The maximum atomic E-state index is 12.0. The molecule has 22 heavy (non-hydrogen) atoms. The Morgan fingerprint density at radius 1 is 1.09 bits per heavy atom. The highest BCUT2D eigenvalue weighted by Gasteiger charge is 2.09. The second-order valence-corrected chi connectivity index (χ2v) is 5.07. The first kappa shape index (κ1) is 16.2. The van der Waals surface area contributed by atoms with Gasteiger partial charge in [0.2, 0.25) is 0 Å². The Labute approximate surface area is 135 Å². The van der Waals surface area contributed by atoms with E-state index in [1.807, 2.05) is 26.0 Å². The van der Waals surface area contributed by atoms with Gasteiger partial charge in [-0.1, -0.05) is 23.7 Å². The van der Waals surface area contributed by atoms with Crippen molar-refractivity contribution < 1.29 is 9.53 Å². The summed E-state index contributed by atoms with van der Waals surface area (Å²) >= 11 is 6.05. The van der Waals surface area contributed by atoms with Crippen molar-refractivity contribution in [2.75, 3.05) is 18.4 Å². The summed E-state index contributed by atoms with van der Waals surface area (Å²) in [4.78, 5) is 13.7. The molecule has 2 rings (SSSR count). The quantitative estimate of drug-likeness (QED) is 0.842. The van der Waals surface area contributed by atoms with E-state index in [1.165, 1.54) is 0 Å². The van der Waals surface area contributed by atoms with E-state index in [0.29, 0.717) is 29.6 Å². The van der Waals surface area contributed by atoms with E-state index in [1.54, 1.807) is 41.3 Å². The van der Waals surface area contributed by atoms with Crippen LogP contribution in [0.5, 0.6) is 11.5 Å². The van der Waals surface area contributed by atoms with Gasteiger partial charge in [-0.3, -0.25) is 0 Å². The van der Waals surface area contributed by atoms with Gasteiger partial charge < -0.3 is 15.0 Å². The van der Waals surface area contributed by atoms with Crippen LogP contribution in [0.4, 0.5) is 10.5 Å². The first-order valence-electron chi connectivity index (χ1n) is 7.22. The number of nitrogens with one attached hydrogen (secondary N) is 1. The number of amides is 2. The van der Waals surface area contributed by atoms with E-state index in [2.05, 4.69) is 5.32 Å². The van der Waals surface area contributed by atoms with Gasteiger partial charge >= 0.3 is 6.03 Å². The van der Waals surface area contributed by atoms with Crippen LogP contribution in [0.1, 0.15) is 13.8 Å². The monoisotopic (exact) mass is 318 g/mol. The molecule has 2 aromatic rings. The standard InChI is InChI=1S/C17H19ClN2O2/c1-3-20(4-2)17(21)19-13-9-11-14(12-10-13)22-16-8-6-5-7-15(16)18/h5-12H,3-4H2,1-2H3,(H,19,21). The molecule has 0 spiro atoms. The molecule has 0 aliphatic rings. The molecule has 0 unspecified atom stereocenters. The summed E-state index contributed by atoms with van der Waals surface area (Å²) < 4.78 is 5.70. The lowest BCUT2D eigenvalue weighted by Crippen LogP contribution is -2.34. The highest BCUT2D eigenvalue weighted by Crippen LogP contribution is 2.29. The van der Waals surface area contributed by atoms with Gasteiger partial charge in [-0.25, -0.2) is 4.79 Å². The second kappa shape index (κ2) is 7.71. The number of anilines is 1. The van der Waals surface area contributed by atoms with E-state index in [9.17, 15) is 4.79 Å². The third kappa shape index (κ3) is 4.15. The summed E-state index contributed by atoms with van der Waals surface area (Å²) in [6.45, 7) is 5.25. The number of halogens is 1. The number of nitrogens with zero attached hydrogens (tertiary/aromatic N) is 1. The van der Waals surface area contributed by atoms with Crippen LogP contribution in [-0.2, 0) is 0 Å². The molecule has 2 aromatic carbocycles. The Hall–Kier alpha value is -2.20. The second-order valence-electron chi connectivity index (χ2n) is 4.66. The van der Waals surface area contributed by atoms with Crippen molar-refractivity contribution in [3.05, 3.63) is 53.6 Å². The molecule has 0 bridgehead atoms. The summed E-state index contributed by atoms with van der Waals surface area (Å²) in [5, 5.41) is 3.41. The number of urea groups is 1. The maximum Gasteiger partial charge on any atom is 0.321 e. The van der Waals surface area contributed by atoms with Crippen LogP contribution in [0.3, 0.4) is 0 Å². The summed E-state index contributed by atoms with van der Waals surface area (Å²) in [6.07, 6.45) is 0. The van der Waals surface area contributed by atoms with Gasteiger partial charge in [0.05, 0.1) is 5.02 Å². The Morgan fingerprint density at radius 3 is 2.32 bits per heavy atom. The molecular weight excluding hydrogens is 300 g/mol. The normalized spacial score (nSPS) is 10.1. The fraction of sp³-hybridized carbons (Fsp3) is 0.235. The van der Waals surface area contributed by atoms with Crippen LogP contribution in [0.15, 0.2) is 48.5 Å². The van der Waals surface area contributed by atoms with Gasteiger partial charge in [-0.05, 0) is 50.2 Å². The molecule has 0 aromatic heterocycles. The number of rotatable bonds is 5. The molecular formula is C17H19ClN2O2. The zero-order valence-electron chi connectivity index (χ0n) is 12.7. The number of ether oxygens (including phenoxy) is 1. The minimum absolute atomic E-state index is 0.107. The summed E-state index contributed by atoms with van der Waals surface area (Å²) in [7, 11) is 0. The Bertz CT molecular complexity index is 625. The molecule has 116 valence electrons. The van der Waals surface area contributed by atoms with Gasteiger partial charge in [0.15, 0.2) is 0 Å². The predicted octanol–water partition coefficient (Wildman–Crippen LogP) is 5.01. The van der Waals surface area contributed by atoms with Crippen molar-refractivity contribution >= 4 is 23.3 Å². The van der Waals surface area contributed by atoms with Crippen LogP contribution in [0.25, 0.3) is 0 Å². The number of hydrogen-bond donors (Lipinski definition) is 1. The van der Waals surface area contributed by atoms with Crippen molar-refractivity contribution in [2.24, 2.45) is 0 Å². The molecule has 1 N–H and O–H groups in total. The van der Waals surface area contributed by atoms with Gasteiger partial charge in [-0.15, -0.1) is 0 Å². The average Bonchev–Trinajstić information content (AvgIpc) is 2.52. The first-order valence-corrected chi connectivity index (χ1v) is 7.60. The maximum absolute atomic E-state index is 12.0. The molecule has 5 heteroatoms. The molecule has 0 saturated carbocycles. The number of para-hydroxylation sites is 1. The third-order valence-electron chi connectivity index (χ3n) is 3.22. The SMILES string of the molecule is CCN(CC)C(=O)Nc1ccc(Oc2ccccc2Cl)cc1. The minimum atomic E-state index is -0.107. The summed E-state index contributed by atoms with van der Waals surface area (Å²) in [6, 6.07) is 14.4. The zero-order chi connectivity index (χ0) is 15.9. The Balaban J connectivity index is 2.02. The van der Waals surface area contributed by atoms with Crippen molar-refractivity contribution in [3.63, 3.8) is 0 Å². The highest BCUT2D eigenvalue weighted by molar-refractivity contribution is 6.32. The van der Waals surface area contributed by atoms with E-state index < -0.39 is 0 Å². The zero-order valence-corrected chi connectivity index (χ0v) is 13.4. The van der Waals surface area contributed by atoms with Crippen LogP contribution in [-0.4, -0.2) is 24.0 Å². The van der Waals surface area contributed by atoms with E-state index in [-0.39, 0.29) is 6.03 Å². The van der Waals surface area contributed by atoms with E-state index in [4.69, 9.17) is 16.3 Å². The van der Waals surface area contributed by atoms with Gasteiger partial charge in [0, 0.05) is 18.8 Å². The smallest absolute Gasteiger partial charge is 0.321 e. The van der Waals surface area contributed by atoms with Crippen molar-refractivity contribution in [2.45, 2.75) is 13.8 Å². The lowest BCUT2D eigenvalue weighted by atomic mass is 10.3. The molecule has 0 heterocycles. The van der Waals surface area contributed by atoms with E-state index in [0.717, 1.165) is 5.69 Å². The predicted molar refractivity (Wildman–Crippen MR) is 89.9 cm³/mol. The number of carbonyl (C=O) groups is 1. The van der Waals surface area contributed by atoms with Crippen molar-refractivity contribution in [3.8, 4) is 11.5 Å². The minimum Gasteiger partial charge on any atom is -0.456 e. The first-order chi connectivity index (χ1) is 10.6.